The lowest BCUT2D eigenvalue weighted by atomic mass is 9.95. The van der Waals surface area contributed by atoms with Crippen molar-refractivity contribution in [1.29, 1.82) is 0 Å². The van der Waals surface area contributed by atoms with Gasteiger partial charge in [0.25, 0.3) is 5.91 Å². The molecule has 28 heavy (non-hydrogen) atoms. The highest BCUT2D eigenvalue weighted by molar-refractivity contribution is 7.99. The molecule has 1 aromatic carbocycles. The molecular formula is C21H24N4O2S. The lowest BCUT2D eigenvalue weighted by molar-refractivity contribution is 0.0920. The quantitative estimate of drug-likeness (QED) is 0.664. The topological polar surface area (TPSA) is 69.0 Å². The Morgan fingerprint density at radius 3 is 2.64 bits per heavy atom. The molecule has 0 atom stereocenters. The van der Waals surface area contributed by atoms with Crippen molar-refractivity contribution in [3.05, 3.63) is 48.4 Å². The standard InChI is InChI=1S/C21H24N4O2S/c1-25-18-9-6-16(27-2)12-14(18)13-19(25)20(26)24-15-4-7-17(8-5-15)28-21-22-10-3-11-23-21/h3,6,9-13,15,17H,4-5,7-8H2,1-2H3,(H,24,26). The molecular weight excluding hydrogens is 372 g/mol. The minimum absolute atomic E-state index is 0.0137. The molecule has 4 rings (SSSR count). The van der Waals surface area contributed by atoms with Gasteiger partial charge in [0, 0.05) is 41.6 Å². The number of aromatic nitrogens is 3. The fourth-order valence-electron chi connectivity index (χ4n) is 3.75. The van der Waals surface area contributed by atoms with Crippen LogP contribution in [0.15, 0.2) is 47.9 Å². The van der Waals surface area contributed by atoms with Gasteiger partial charge in [-0.05, 0) is 56.0 Å². The van der Waals surface area contributed by atoms with Crippen molar-refractivity contribution >= 4 is 28.6 Å². The molecule has 2 heterocycles. The Balaban J connectivity index is 1.37. The smallest absolute Gasteiger partial charge is 0.268 e. The number of hydrogen-bond acceptors (Lipinski definition) is 5. The number of nitrogens with one attached hydrogen (secondary N) is 1. The first-order valence-electron chi connectivity index (χ1n) is 9.52. The van der Waals surface area contributed by atoms with Crippen LogP contribution in [0.5, 0.6) is 5.75 Å². The van der Waals surface area contributed by atoms with E-state index in [1.807, 2.05) is 41.9 Å². The SMILES string of the molecule is COc1ccc2c(c1)cc(C(=O)NC1CCC(Sc3ncccn3)CC1)n2C. The van der Waals surface area contributed by atoms with Crippen LogP contribution in [0.1, 0.15) is 36.2 Å². The number of aryl methyl sites for hydroxylation is 1. The summed E-state index contributed by atoms with van der Waals surface area (Å²) in [6.45, 7) is 0. The zero-order valence-corrected chi connectivity index (χ0v) is 16.9. The number of ether oxygens (including phenoxy) is 1. The van der Waals surface area contributed by atoms with Gasteiger partial charge in [-0.1, -0.05) is 11.8 Å². The molecule has 1 aliphatic rings. The summed E-state index contributed by atoms with van der Waals surface area (Å²) >= 11 is 1.74. The number of benzene rings is 1. The summed E-state index contributed by atoms with van der Waals surface area (Å²) in [6.07, 6.45) is 7.63. The van der Waals surface area contributed by atoms with Gasteiger partial charge in [0.2, 0.25) is 0 Å². The highest BCUT2D eigenvalue weighted by Gasteiger charge is 2.25. The summed E-state index contributed by atoms with van der Waals surface area (Å²) in [5, 5.41) is 5.58. The minimum atomic E-state index is -0.0137. The van der Waals surface area contributed by atoms with Crippen LogP contribution in [0.4, 0.5) is 0 Å². The van der Waals surface area contributed by atoms with Crippen molar-refractivity contribution < 1.29 is 9.53 Å². The first-order valence-corrected chi connectivity index (χ1v) is 10.4. The highest BCUT2D eigenvalue weighted by atomic mass is 32.2. The molecule has 1 fully saturated rings. The summed E-state index contributed by atoms with van der Waals surface area (Å²) in [5.41, 5.74) is 1.70. The summed E-state index contributed by atoms with van der Waals surface area (Å²) in [5.74, 6) is 0.781. The molecule has 1 amide bonds. The second kappa shape index (κ2) is 8.22. The van der Waals surface area contributed by atoms with Gasteiger partial charge in [0.05, 0.1) is 7.11 Å². The molecule has 0 unspecified atom stereocenters. The zero-order valence-electron chi connectivity index (χ0n) is 16.1. The Morgan fingerprint density at radius 2 is 1.93 bits per heavy atom. The lowest BCUT2D eigenvalue weighted by Gasteiger charge is -2.28. The Hall–Kier alpha value is -2.54. The number of carbonyl (C=O) groups excluding carboxylic acids is 1. The summed E-state index contributed by atoms with van der Waals surface area (Å²) in [7, 11) is 3.58. The van der Waals surface area contributed by atoms with Crippen LogP contribution in [-0.4, -0.2) is 38.8 Å². The summed E-state index contributed by atoms with van der Waals surface area (Å²) < 4.78 is 7.23. The summed E-state index contributed by atoms with van der Waals surface area (Å²) in [4.78, 5) is 21.4. The lowest BCUT2D eigenvalue weighted by Crippen LogP contribution is -2.38. The van der Waals surface area contributed by atoms with Gasteiger partial charge >= 0.3 is 0 Å². The normalized spacial score (nSPS) is 19.5. The van der Waals surface area contributed by atoms with Crippen LogP contribution in [0, 0.1) is 0 Å². The first-order chi connectivity index (χ1) is 13.6. The second-order valence-electron chi connectivity index (χ2n) is 7.11. The van der Waals surface area contributed by atoms with Gasteiger partial charge in [-0.3, -0.25) is 4.79 Å². The zero-order chi connectivity index (χ0) is 19.5. The molecule has 1 saturated carbocycles. The third-order valence-electron chi connectivity index (χ3n) is 5.31. The van der Waals surface area contributed by atoms with Crippen LogP contribution in [0.2, 0.25) is 0 Å². The van der Waals surface area contributed by atoms with Crippen LogP contribution in [0.25, 0.3) is 10.9 Å². The Morgan fingerprint density at radius 1 is 1.18 bits per heavy atom. The van der Waals surface area contributed by atoms with Crippen molar-refractivity contribution in [2.24, 2.45) is 7.05 Å². The Bertz CT molecular complexity index is 965. The predicted molar refractivity (Wildman–Crippen MR) is 111 cm³/mol. The minimum Gasteiger partial charge on any atom is -0.497 e. The van der Waals surface area contributed by atoms with Crippen molar-refractivity contribution in [2.45, 2.75) is 42.1 Å². The number of carbonyl (C=O) groups is 1. The Labute approximate surface area is 168 Å². The molecule has 3 aromatic rings. The number of nitrogens with zero attached hydrogens (tertiary/aromatic N) is 3. The molecule has 2 aromatic heterocycles. The number of rotatable bonds is 5. The number of methoxy groups -OCH3 is 1. The van der Waals surface area contributed by atoms with Crippen molar-refractivity contribution in [3.8, 4) is 5.75 Å². The van der Waals surface area contributed by atoms with E-state index in [0.717, 1.165) is 47.5 Å². The molecule has 1 N–H and O–H groups in total. The molecule has 6 nitrogen and oxygen atoms in total. The van der Waals surface area contributed by atoms with E-state index >= 15 is 0 Å². The van der Waals surface area contributed by atoms with E-state index in [1.165, 1.54) is 0 Å². The van der Waals surface area contributed by atoms with Gasteiger partial charge in [-0.15, -0.1) is 0 Å². The van der Waals surface area contributed by atoms with Gasteiger partial charge < -0.3 is 14.6 Å². The average molecular weight is 397 g/mol. The van der Waals surface area contributed by atoms with Gasteiger partial charge in [-0.2, -0.15) is 0 Å². The molecule has 0 aliphatic heterocycles. The van der Waals surface area contributed by atoms with E-state index < -0.39 is 0 Å². The van der Waals surface area contributed by atoms with Crippen LogP contribution in [-0.2, 0) is 7.05 Å². The van der Waals surface area contributed by atoms with Crippen molar-refractivity contribution in [2.75, 3.05) is 7.11 Å². The van der Waals surface area contributed by atoms with E-state index in [2.05, 4.69) is 15.3 Å². The number of hydrogen-bond donors (Lipinski definition) is 1. The van der Waals surface area contributed by atoms with Crippen LogP contribution < -0.4 is 10.1 Å². The van der Waals surface area contributed by atoms with Gasteiger partial charge in [0.15, 0.2) is 5.16 Å². The monoisotopic (exact) mass is 396 g/mol. The fraction of sp³-hybridized carbons (Fsp3) is 0.381. The van der Waals surface area contributed by atoms with E-state index in [-0.39, 0.29) is 11.9 Å². The van der Waals surface area contributed by atoms with E-state index in [1.54, 1.807) is 31.3 Å². The molecule has 0 radical (unpaired) electrons. The van der Waals surface area contributed by atoms with E-state index in [9.17, 15) is 4.79 Å². The second-order valence-corrected chi connectivity index (χ2v) is 8.38. The molecule has 7 heteroatoms. The van der Waals surface area contributed by atoms with Crippen molar-refractivity contribution in [1.82, 2.24) is 19.9 Å². The fourth-order valence-corrected chi connectivity index (χ4v) is 4.80. The number of thioether (sulfide) groups is 1. The third-order valence-corrected chi connectivity index (χ3v) is 6.53. The van der Waals surface area contributed by atoms with E-state index in [4.69, 9.17) is 4.74 Å². The van der Waals surface area contributed by atoms with Crippen LogP contribution >= 0.6 is 11.8 Å². The first kappa shape index (κ1) is 18.8. The molecule has 0 saturated heterocycles. The van der Waals surface area contributed by atoms with Gasteiger partial charge in [0.1, 0.15) is 11.4 Å². The summed E-state index contributed by atoms with van der Waals surface area (Å²) in [6, 6.07) is 9.84. The van der Waals surface area contributed by atoms with Crippen molar-refractivity contribution in [3.63, 3.8) is 0 Å². The van der Waals surface area contributed by atoms with Gasteiger partial charge in [-0.25, -0.2) is 9.97 Å². The highest BCUT2D eigenvalue weighted by Crippen LogP contribution is 2.32. The molecule has 0 spiro atoms. The third kappa shape index (κ3) is 3.99. The maximum absolute atomic E-state index is 12.8. The molecule has 146 valence electrons. The predicted octanol–water partition coefficient (Wildman–Crippen LogP) is 3.81. The average Bonchev–Trinajstić information content (AvgIpc) is 3.06. The van der Waals surface area contributed by atoms with E-state index in [0.29, 0.717) is 10.9 Å². The maximum Gasteiger partial charge on any atom is 0.268 e. The largest absolute Gasteiger partial charge is 0.497 e. The molecule has 1 aliphatic carbocycles. The molecule has 0 bridgehead atoms. The maximum atomic E-state index is 12.8. The number of amides is 1. The van der Waals surface area contributed by atoms with Crippen LogP contribution in [0.3, 0.4) is 0 Å². The number of fused-ring (bicyclic) bond motifs is 1. The Kier molecular flexibility index (Phi) is 5.52.